The zero-order valence-corrected chi connectivity index (χ0v) is 15.5. The molecule has 0 unspecified atom stereocenters. The van der Waals surface area contributed by atoms with Gasteiger partial charge in [-0.25, -0.2) is 0 Å². The van der Waals surface area contributed by atoms with Crippen LogP contribution in [0, 0.1) is 0 Å². The third-order valence-electron chi connectivity index (χ3n) is 4.22. The van der Waals surface area contributed by atoms with Gasteiger partial charge >= 0.3 is 0 Å². The Balaban J connectivity index is 2.27. The van der Waals surface area contributed by atoms with Crippen LogP contribution in [0.2, 0.25) is 10.0 Å². The molecular weight excluding hydrogens is 365 g/mol. The number of anilines is 1. The molecule has 2 aromatic rings. The van der Waals surface area contributed by atoms with E-state index in [2.05, 4.69) is 5.32 Å². The Morgan fingerprint density at radius 1 is 1.04 bits per heavy atom. The lowest BCUT2D eigenvalue weighted by atomic mass is 9.83. The van der Waals surface area contributed by atoms with Crippen molar-refractivity contribution in [1.82, 2.24) is 0 Å². The monoisotopic (exact) mass is 381 g/mol. The van der Waals surface area contributed by atoms with E-state index in [1.165, 1.54) is 7.11 Å². The second-order valence-electron chi connectivity index (χ2n) is 5.58. The van der Waals surface area contributed by atoms with Crippen LogP contribution in [0.1, 0.15) is 23.5 Å². The van der Waals surface area contributed by atoms with Gasteiger partial charge in [0.25, 0.3) is 0 Å². The van der Waals surface area contributed by atoms with Gasteiger partial charge in [0.2, 0.25) is 11.7 Å². The molecule has 7 heteroatoms. The maximum atomic E-state index is 12.2. The number of carbonyl (C=O) groups is 1. The van der Waals surface area contributed by atoms with Crippen LogP contribution in [0.25, 0.3) is 0 Å². The lowest BCUT2D eigenvalue weighted by Crippen LogP contribution is -2.24. The summed E-state index contributed by atoms with van der Waals surface area (Å²) in [5, 5.41) is 3.90. The van der Waals surface area contributed by atoms with E-state index in [0.29, 0.717) is 33.0 Å². The first-order valence-electron chi connectivity index (χ1n) is 7.57. The minimum absolute atomic E-state index is 0.113. The highest BCUT2D eigenvalue weighted by Crippen LogP contribution is 2.52. The van der Waals surface area contributed by atoms with Crippen molar-refractivity contribution in [2.75, 3.05) is 26.6 Å². The van der Waals surface area contributed by atoms with Crippen molar-refractivity contribution >= 4 is 34.8 Å². The first kappa shape index (κ1) is 17.7. The fourth-order valence-corrected chi connectivity index (χ4v) is 3.71. The molecule has 0 aliphatic carbocycles. The summed E-state index contributed by atoms with van der Waals surface area (Å²) < 4.78 is 16.4. The fraction of sp³-hybridized carbons (Fsp3) is 0.278. The Morgan fingerprint density at radius 3 is 2.36 bits per heavy atom. The molecule has 1 aliphatic rings. The van der Waals surface area contributed by atoms with E-state index in [9.17, 15) is 4.79 Å². The first-order chi connectivity index (χ1) is 12.0. The smallest absolute Gasteiger partial charge is 0.225 e. The van der Waals surface area contributed by atoms with Gasteiger partial charge in [-0.05, 0) is 17.7 Å². The predicted molar refractivity (Wildman–Crippen MR) is 97.6 cm³/mol. The van der Waals surface area contributed by atoms with E-state index < -0.39 is 0 Å². The number of nitrogens with one attached hydrogen (secondary N) is 1. The predicted octanol–water partition coefficient (Wildman–Crippen LogP) is 4.49. The van der Waals surface area contributed by atoms with Crippen LogP contribution in [0.3, 0.4) is 0 Å². The summed E-state index contributed by atoms with van der Waals surface area (Å²) in [5.74, 6) is 1.05. The summed E-state index contributed by atoms with van der Waals surface area (Å²) in [5.41, 5.74) is 2.21. The molecule has 1 aliphatic heterocycles. The Kier molecular flexibility index (Phi) is 4.97. The summed E-state index contributed by atoms with van der Waals surface area (Å²) in [6.45, 7) is 0. The minimum atomic E-state index is -0.289. The maximum absolute atomic E-state index is 12.2. The van der Waals surface area contributed by atoms with E-state index in [0.717, 1.165) is 11.1 Å². The molecule has 0 saturated heterocycles. The van der Waals surface area contributed by atoms with E-state index >= 15 is 0 Å². The number of methoxy groups -OCH3 is 3. The van der Waals surface area contributed by atoms with Gasteiger partial charge in [0.1, 0.15) is 0 Å². The topological polar surface area (TPSA) is 56.8 Å². The number of carbonyl (C=O) groups excluding carboxylic acids is 1. The highest BCUT2D eigenvalue weighted by molar-refractivity contribution is 6.35. The molecule has 132 valence electrons. The van der Waals surface area contributed by atoms with Crippen LogP contribution in [-0.2, 0) is 4.79 Å². The van der Waals surface area contributed by atoms with E-state index in [4.69, 9.17) is 37.4 Å². The zero-order chi connectivity index (χ0) is 18.1. The van der Waals surface area contributed by atoms with Crippen LogP contribution in [0.15, 0.2) is 24.3 Å². The molecule has 0 radical (unpaired) electrons. The average Bonchev–Trinajstić information content (AvgIpc) is 2.59. The van der Waals surface area contributed by atoms with Crippen LogP contribution >= 0.6 is 23.2 Å². The summed E-state index contributed by atoms with van der Waals surface area (Å²) in [6.07, 6.45) is 0.236. The van der Waals surface area contributed by atoms with Crippen molar-refractivity contribution in [2.45, 2.75) is 12.3 Å². The molecule has 1 N–H and O–H groups in total. The van der Waals surface area contributed by atoms with Crippen molar-refractivity contribution in [1.29, 1.82) is 0 Å². The Hall–Kier alpha value is -2.11. The van der Waals surface area contributed by atoms with Crippen LogP contribution in [0.4, 0.5) is 5.69 Å². The van der Waals surface area contributed by atoms with E-state index in [1.807, 2.05) is 6.07 Å². The van der Waals surface area contributed by atoms with Crippen LogP contribution in [0.5, 0.6) is 17.2 Å². The maximum Gasteiger partial charge on any atom is 0.225 e. The van der Waals surface area contributed by atoms with Gasteiger partial charge < -0.3 is 19.5 Å². The van der Waals surface area contributed by atoms with Gasteiger partial charge in [0, 0.05) is 34.0 Å². The molecule has 3 rings (SSSR count). The number of ether oxygens (including phenoxy) is 3. The average molecular weight is 382 g/mol. The van der Waals surface area contributed by atoms with Gasteiger partial charge in [0.15, 0.2) is 11.5 Å². The lowest BCUT2D eigenvalue weighted by molar-refractivity contribution is -0.116. The van der Waals surface area contributed by atoms with Crippen molar-refractivity contribution < 1.29 is 19.0 Å². The van der Waals surface area contributed by atoms with Crippen molar-refractivity contribution in [3.8, 4) is 17.2 Å². The van der Waals surface area contributed by atoms with E-state index in [-0.39, 0.29) is 18.2 Å². The van der Waals surface area contributed by atoms with Gasteiger partial charge in [0.05, 0.1) is 27.0 Å². The summed E-state index contributed by atoms with van der Waals surface area (Å²) in [6, 6.07) is 6.97. The SMILES string of the molecule is COc1cc2c(c(OC)c1OC)[C@H](c1ccc(Cl)cc1Cl)CC(=O)N2. The van der Waals surface area contributed by atoms with Crippen molar-refractivity contribution in [3.05, 3.63) is 45.4 Å². The molecule has 1 amide bonds. The standard InChI is InChI=1S/C18H17Cl2NO4/c1-23-14-8-13-16(18(25-3)17(14)24-2)11(7-15(22)21-13)10-5-4-9(19)6-12(10)20/h4-6,8,11H,7H2,1-3H3,(H,21,22)/t11-/m0/s1. The second-order valence-corrected chi connectivity index (χ2v) is 6.42. The Labute approximate surface area is 155 Å². The fourth-order valence-electron chi connectivity index (χ4n) is 3.17. The van der Waals surface area contributed by atoms with Gasteiger partial charge in [-0.3, -0.25) is 4.79 Å². The number of halogens is 2. The third-order valence-corrected chi connectivity index (χ3v) is 4.78. The number of amides is 1. The number of hydrogen-bond donors (Lipinski definition) is 1. The summed E-state index contributed by atoms with van der Waals surface area (Å²) in [7, 11) is 4.62. The molecule has 0 bridgehead atoms. The number of benzene rings is 2. The molecule has 0 aromatic heterocycles. The second kappa shape index (κ2) is 7.02. The van der Waals surface area contributed by atoms with Crippen molar-refractivity contribution in [2.24, 2.45) is 0 Å². The highest BCUT2D eigenvalue weighted by atomic mass is 35.5. The Bertz CT molecular complexity index is 838. The minimum Gasteiger partial charge on any atom is -0.493 e. The third kappa shape index (κ3) is 3.10. The zero-order valence-electron chi connectivity index (χ0n) is 14.0. The number of hydrogen-bond acceptors (Lipinski definition) is 4. The molecule has 1 atom stereocenters. The first-order valence-corrected chi connectivity index (χ1v) is 8.33. The molecular formula is C18H17Cl2NO4. The van der Waals surface area contributed by atoms with Gasteiger partial charge in [-0.1, -0.05) is 29.3 Å². The van der Waals surface area contributed by atoms with Gasteiger partial charge in [-0.2, -0.15) is 0 Å². The van der Waals surface area contributed by atoms with Crippen LogP contribution < -0.4 is 19.5 Å². The lowest BCUT2D eigenvalue weighted by Gasteiger charge is -2.30. The summed E-state index contributed by atoms with van der Waals surface area (Å²) in [4.78, 5) is 12.2. The van der Waals surface area contributed by atoms with E-state index in [1.54, 1.807) is 32.4 Å². The molecule has 0 spiro atoms. The largest absolute Gasteiger partial charge is 0.493 e. The van der Waals surface area contributed by atoms with Crippen molar-refractivity contribution in [3.63, 3.8) is 0 Å². The molecule has 25 heavy (non-hydrogen) atoms. The molecule has 1 heterocycles. The van der Waals surface area contributed by atoms with Crippen LogP contribution in [-0.4, -0.2) is 27.2 Å². The summed E-state index contributed by atoms with van der Waals surface area (Å²) >= 11 is 12.4. The molecule has 5 nitrogen and oxygen atoms in total. The number of rotatable bonds is 4. The number of fused-ring (bicyclic) bond motifs is 1. The highest BCUT2D eigenvalue weighted by Gasteiger charge is 2.34. The molecule has 2 aromatic carbocycles. The molecule has 0 fully saturated rings. The quantitative estimate of drug-likeness (QED) is 0.847. The normalized spacial score (nSPS) is 16.0. The molecule has 0 saturated carbocycles. The van der Waals surface area contributed by atoms with Gasteiger partial charge in [-0.15, -0.1) is 0 Å². The Morgan fingerprint density at radius 2 is 1.76 bits per heavy atom.